The number of hydrogen-bond donors (Lipinski definition) is 0. The van der Waals surface area contributed by atoms with Gasteiger partial charge in [0.25, 0.3) is 0 Å². The molecule has 0 aliphatic heterocycles. The molecule has 0 fully saturated rings. The maximum atomic E-state index is 12.6. The van der Waals surface area contributed by atoms with Crippen molar-refractivity contribution in [1.82, 2.24) is 5.06 Å². The molecule has 0 aliphatic rings. The molecule has 0 radical (unpaired) electrons. The highest BCUT2D eigenvalue weighted by Gasteiger charge is 2.20. The Morgan fingerprint density at radius 3 is 2.00 bits per heavy atom. The molecule has 0 saturated heterocycles. The van der Waals surface area contributed by atoms with Gasteiger partial charge in [-0.25, -0.2) is 4.79 Å². The summed E-state index contributed by atoms with van der Waals surface area (Å²) in [6.07, 6.45) is 0. The molecule has 2 aromatic rings. The van der Waals surface area contributed by atoms with Gasteiger partial charge in [0.2, 0.25) is 0 Å². The quantitative estimate of drug-likeness (QED) is 0.606. The summed E-state index contributed by atoms with van der Waals surface area (Å²) in [6, 6.07) is 15.6. The molecule has 114 valence electrons. The van der Waals surface area contributed by atoms with Crippen LogP contribution >= 0.6 is 0 Å². The highest BCUT2D eigenvalue weighted by Crippen LogP contribution is 2.16. The molecule has 0 atom stereocenters. The molecule has 2 rings (SSSR count). The van der Waals surface area contributed by atoms with Gasteiger partial charge in [-0.3, -0.25) is 4.79 Å². The first-order chi connectivity index (χ1) is 10.7. The SMILES string of the molecule is CCN(CC)OC(=O)c1ccccc1C(=O)c1ccccc1. The Hall–Kier alpha value is -2.46. The number of rotatable bonds is 6. The third-order valence-corrected chi connectivity index (χ3v) is 3.35. The van der Waals surface area contributed by atoms with Crippen LogP contribution in [0.25, 0.3) is 0 Å². The Morgan fingerprint density at radius 2 is 1.41 bits per heavy atom. The topological polar surface area (TPSA) is 46.6 Å². The predicted molar refractivity (Wildman–Crippen MR) is 84.7 cm³/mol. The normalized spacial score (nSPS) is 10.5. The lowest BCUT2D eigenvalue weighted by molar-refractivity contribution is -0.103. The Labute approximate surface area is 130 Å². The summed E-state index contributed by atoms with van der Waals surface area (Å²) < 4.78 is 0. The van der Waals surface area contributed by atoms with E-state index < -0.39 is 5.97 Å². The number of hydroxylamine groups is 2. The van der Waals surface area contributed by atoms with Crippen molar-refractivity contribution in [2.24, 2.45) is 0 Å². The average Bonchev–Trinajstić information content (AvgIpc) is 2.59. The standard InChI is InChI=1S/C18H19NO3/c1-3-19(4-2)22-18(21)16-13-9-8-12-15(16)17(20)14-10-6-5-7-11-14/h5-13H,3-4H2,1-2H3. The van der Waals surface area contributed by atoms with Gasteiger partial charge < -0.3 is 4.84 Å². The molecule has 0 amide bonds. The van der Waals surface area contributed by atoms with Crippen LogP contribution in [-0.2, 0) is 4.84 Å². The number of ketones is 1. The molecule has 0 bridgehead atoms. The lowest BCUT2D eigenvalue weighted by Gasteiger charge is -2.18. The van der Waals surface area contributed by atoms with Gasteiger partial charge in [-0.15, -0.1) is 5.06 Å². The summed E-state index contributed by atoms with van der Waals surface area (Å²) in [5, 5.41) is 1.55. The summed E-state index contributed by atoms with van der Waals surface area (Å²) >= 11 is 0. The second-order valence-corrected chi connectivity index (χ2v) is 4.73. The minimum Gasteiger partial charge on any atom is -0.364 e. The Bertz CT molecular complexity index is 648. The molecule has 0 aliphatic carbocycles. The van der Waals surface area contributed by atoms with Crippen LogP contribution in [0.1, 0.15) is 40.1 Å². The average molecular weight is 297 g/mol. The molecule has 22 heavy (non-hydrogen) atoms. The molecular weight excluding hydrogens is 278 g/mol. The molecule has 4 nitrogen and oxygen atoms in total. The van der Waals surface area contributed by atoms with Crippen molar-refractivity contribution in [1.29, 1.82) is 0 Å². The van der Waals surface area contributed by atoms with Crippen LogP contribution in [0.15, 0.2) is 54.6 Å². The number of benzene rings is 2. The van der Waals surface area contributed by atoms with E-state index in [4.69, 9.17) is 4.84 Å². The lowest BCUT2D eigenvalue weighted by Crippen LogP contribution is -2.27. The summed E-state index contributed by atoms with van der Waals surface area (Å²) in [4.78, 5) is 30.2. The van der Waals surface area contributed by atoms with Gasteiger partial charge in [-0.05, 0) is 19.9 Å². The van der Waals surface area contributed by atoms with Crippen LogP contribution in [0, 0.1) is 0 Å². The summed E-state index contributed by atoms with van der Waals surface area (Å²) in [7, 11) is 0. The van der Waals surface area contributed by atoms with Gasteiger partial charge >= 0.3 is 5.97 Å². The molecule has 2 aromatic carbocycles. The van der Waals surface area contributed by atoms with Crippen molar-refractivity contribution in [3.8, 4) is 0 Å². The van der Waals surface area contributed by atoms with Gasteiger partial charge in [0.15, 0.2) is 5.78 Å². The fraction of sp³-hybridized carbons (Fsp3) is 0.222. The zero-order valence-corrected chi connectivity index (χ0v) is 12.8. The van der Waals surface area contributed by atoms with E-state index in [1.165, 1.54) is 0 Å². The maximum Gasteiger partial charge on any atom is 0.357 e. The Balaban J connectivity index is 2.31. The molecule has 0 saturated carbocycles. The highest BCUT2D eigenvalue weighted by atomic mass is 16.7. The van der Waals surface area contributed by atoms with Gasteiger partial charge in [0, 0.05) is 24.2 Å². The van der Waals surface area contributed by atoms with E-state index in [0.29, 0.717) is 24.2 Å². The van der Waals surface area contributed by atoms with Crippen LogP contribution in [0.4, 0.5) is 0 Å². The Kier molecular flexibility index (Phi) is 5.44. The fourth-order valence-electron chi connectivity index (χ4n) is 2.12. The summed E-state index contributed by atoms with van der Waals surface area (Å²) in [5.41, 5.74) is 1.18. The minimum absolute atomic E-state index is 0.187. The van der Waals surface area contributed by atoms with Crippen LogP contribution in [0.3, 0.4) is 0 Å². The van der Waals surface area contributed by atoms with Crippen molar-refractivity contribution < 1.29 is 14.4 Å². The fourth-order valence-corrected chi connectivity index (χ4v) is 2.12. The van der Waals surface area contributed by atoms with E-state index in [0.717, 1.165) is 0 Å². The van der Waals surface area contributed by atoms with E-state index in [1.807, 2.05) is 19.9 Å². The van der Waals surface area contributed by atoms with Crippen LogP contribution in [0.2, 0.25) is 0 Å². The zero-order valence-electron chi connectivity index (χ0n) is 12.8. The second kappa shape index (κ2) is 7.52. The first-order valence-corrected chi connectivity index (χ1v) is 7.33. The highest BCUT2D eigenvalue weighted by molar-refractivity contribution is 6.14. The van der Waals surface area contributed by atoms with Gasteiger partial charge in [-0.2, -0.15) is 0 Å². The van der Waals surface area contributed by atoms with Crippen molar-refractivity contribution in [3.05, 3.63) is 71.3 Å². The number of carbonyl (C=O) groups excluding carboxylic acids is 2. The van der Waals surface area contributed by atoms with E-state index in [1.54, 1.807) is 53.6 Å². The molecule has 0 heterocycles. The lowest BCUT2D eigenvalue weighted by atomic mass is 9.98. The van der Waals surface area contributed by atoms with Crippen molar-refractivity contribution in [2.75, 3.05) is 13.1 Å². The molecule has 0 N–H and O–H groups in total. The smallest absolute Gasteiger partial charge is 0.357 e. The van der Waals surface area contributed by atoms with Crippen LogP contribution in [0.5, 0.6) is 0 Å². The maximum absolute atomic E-state index is 12.6. The Morgan fingerprint density at radius 1 is 0.864 bits per heavy atom. The monoisotopic (exact) mass is 297 g/mol. The number of nitrogens with zero attached hydrogens (tertiary/aromatic N) is 1. The molecule has 0 unspecified atom stereocenters. The zero-order chi connectivity index (χ0) is 15.9. The van der Waals surface area contributed by atoms with E-state index >= 15 is 0 Å². The molecule has 0 aromatic heterocycles. The van der Waals surface area contributed by atoms with E-state index in [-0.39, 0.29) is 11.3 Å². The summed E-state index contributed by atoms with van der Waals surface area (Å²) in [5.74, 6) is -0.698. The van der Waals surface area contributed by atoms with E-state index in [2.05, 4.69) is 0 Å². The number of hydrogen-bond acceptors (Lipinski definition) is 4. The first-order valence-electron chi connectivity index (χ1n) is 7.33. The molecular formula is C18H19NO3. The number of carbonyl (C=O) groups is 2. The first kappa shape index (κ1) is 15.9. The van der Waals surface area contributed by atoms with Gasteiger partial charge in [0.1, 0.15) is 0 Å². The van der Waals surface area contributed by atoms with Crippen LogP contribution < -0.4 is 0 Å². The van der Waals surface area contributed by atoms with Crippen molar-refractivity contribution in [2.45, 2.75) is 13.8 Å². The molecule has 4 heteroatoms. The molecule has 0 spiro atoms. The largest absolute Gasteiger partial charge is 0.364 e. The van der Waals surface area contributed by atoms with Crippen molar-refractivity contribution in [3.63, 3.8) is 0 Å². The third-order valence-electron chi connectivity index (χ3n) is 3.35. The van der Waals surface area contributed by atoms with Crippen LogP contribution in [-0.4, -0.2) is 29.9 Å². The summed E-state index contributed by atoms with van der Waals surface area (Å²) in [6.45, 7) is 4.99. The van der Waals surface area contributed by atoms with Gasteiger partial charge in [-0.1, -0.05) is 48.5 Å². The minimum atomic E-state index is -0.511. The van der Waals surface area contributed by atoms with E-state index in [9.17, 15) is 9.59 Å². The van der Waals surface area contributed by atoms with Crippen molar-refractivity contribution >= 4 is 11.8 Å². The third kappa shape index (κ3) is 3.59. The second-order valence-electron chi connectivity index (χ2n) is 4.73. The predicted octanol–water partition coefficient (Wildman–Crippen LogP) is 3.33. The van der Waals surface area contributed by atoms with Gasteiger partial charge in [0.05, 0.1) is 5.56 Å².